The van der Waals surface area contributed by atoms with E-state index in [9.17, 15) is 9.59 Å². The Balaban J connectivity index is 1.64. The van der Waals surface area contributed by atoms with Crippen molar-refractivity contribution < 1.29 is 14.3 Å². The number of carbonyl (C=O) groups excluding carboxylic acids is 2. The molecule has 0 saturated carbocycles. The zero-order valence-corrected chi connectivity index (χ0v) is 14.6. The molecule has 0 spiro atoms. The van der Waals surface area contributed by atoms with Crippen molar-refractivity contribution in [2.75, 3.05) is 6.61 Å². The van der Waals surface area contributed by atoms with Crippen molar-refractivity contribution in [2.24, 2.45) is 0 Å². The number of aromatic nitrogens is 1. The molecule has 0 aliphatic rings. The van der Waals surface area contributed by atoms with E-state index in [2.05, 4.69) is 25.8 Å². The number of benzene rings is 2. The summed E-state index contributed by atoms with van der Waals surface area (Å²) in [7, 11) is 0. The van der Waals surface area contributed by atoms with Gasteiger partial charge in [0.25, 0.3) is 0 Å². The van der Waals surface area contributed by atoms with Crippen molar-refractivity contribution in [3.8, 4) is 0 Å². The van der Waals surface area contributed by atoms with Crippen LogP contribution in [-0.4, -0.2) is 23.3 Å². The normalized spacial score (nSPS) is 11.5. The molecule has 4 nitrogen and oxygen atoms in total. The fourth-order valence-corrected chi connectivity index (χ4v) is 2.63. The first-order valence-electron chi connectivity index (χ1n) is 8.23. The van der Waals surface area contributed by atoms with E-state index in [1.165, 1.54) is 0 Å². The highest BCUT2D eigenvalue weighted by atomic mass is 16.5. The number of aromatic amines is 1. The quantitative estimate of drug-likeness (QED) is 0.564. The largest absolute Gasteiger partial charge is 0.453 e. The van der Waals surface area contributed by atoms with Crippen LogP contribution in [0.1, 0.15) is 47.2 Å². The van der Waals surface area contributed by atoms with Crippen LogP contribution in [0.15, 0.2) is 54.6 Å². The zero-order chi connectivity index (χ0) is 18.0. The Kier molecular flexibility index (Phi) is 4.45. The third kappa shape index (κ3) is 3.79. The molecule has 25 heavy (non-hydrogen) atoms. The molecule has 0 atom stereocenters. The number of ether oxygens (including phenoxy) is 1. The molecule has 0 unspecified atom stereocenters. The fourth-order valence-electron chi connectivity index (χ4n) is 2.63. The number of rotatable bonds is 4. The van der Waals surface area contributed by atoms with Gasteiger partial charge in [0, 0.05) is 16.5 Å². The summed E-state index contributed by atoms with van der Waals surface area (Å²) in [5.41, 5.74) is 2.93. The second kappa shape index (κ2) is 6.55. The lowest BCUT2D eigenvalue weighted by Gasteiger charge is -2.18. The number of H-pyrrole nitrogens is 1. The van der Waals surface area contributed by atoms with Gasteiger partial charge in [0.05, 0.1) is 0 Å². The van der Waals surface area contributed by atoms with Crippen LogP contribution in [0, 0.1) is 0 Å². The number of nitrogens with one attached hydrogen (secondary N) is 1. The van der Waals surface area contributed by atoms with Crippen molar-refractivity contribution in [1.82, 2.24) is 4.98 Å². The SMILES string of the molecule is CC(C)(C)c1ccc(C(=O)COC(=O)c2cc3ccccc3[nH]2)cc1. The van der Waals surface area contributed by atoms with Crippen LogP contribution in [-0.2, 0) is 10.2 Å². The van der Waals surface area contributed by atoms with Crippen LogP contribution in [0.2, 0.25) is 0 Å². The van der Waals surface area contributed by atoms with Gasteiger partial charge in [-0.1, -0.05) is 63.2 Å². The molecule has 0 aliphatic carbocycles. The molecular formula is C21H21NO3. The number of fused-ring (bicyclic) bond motifs is 1. The average Bonchev–Trinajstić information content (AvgIpc) is 3.03. The van der Waals surface area contributed by atoms with Crippen molar-refractivity contribution in [1.29, 1.82) is 0 Å². The van der Waals surface area contributed by atoms with Gasteiger partial charge >= 0.3 is 5.97 Å². The first-order chi connectivity index (χ1) is 11.8. The van der Waals surface area contributed by atoms with Crippen LogP contribution >= 0.6 is 0 Å². The number of hydrogen-bond donors (Lipinski definition) is 1. The monoisotopic (exact) mass is 335 g/mol. The third-order valence-electron chi connectivity index (χ3n) is 4.16. The fraction of sp³-hybridized carbons (Fsp3) is 0.238. The molecule has 3 rings (SSSR count). The number of carbonyl (C=O) groups is 2. The minimum atomic E-state index is -0.532. The van der Waals surface area contributed by atoms with E-state index >= 15 is 0 Å². The molecule has 2 aromatic carbocycles. The summed E-state index contributed by atoms with van der Waals surface area (Å²) in [6, 6.07) is 16.7. The molecule has 4 heteroatoms. The number of para-hydroxylation sites is 1. The van der Waals surface area contributed by atoms with Gasteiger partial charge < -0.3 is 9.72 Å². The Hall–Kier alpha value is -2.88. The molecule has 128 valence electrons. The highest BCUT2D eigenvalue weighted by Gasteiger charge is 2.16. The Morgan fingerprint density at radius 3 is 2.32 bits per heavy atom. The molecule has 0 amide bonds. The summed E-state index contributed by atoms with van der Waals surface area (Å²) in [6.07, 6.45) is 0. The lowest BCUT2D eigenvalue weighted by molar-refractivity contribution is 0.0470. The molecule has 0 saturated heterocycles. The van der Waals surface area contributed by atoms with Crippen LogP contribution in [0.5, 0.6) is 0 Å². The van der Waals surface area contributed by atoms with E-state index in [0.717, 1.165) is 16.5 Å². The minimum Gasteiger partial charge on any atom is -0.453 e. The van der Waals surface area contributed by atoms with Crippen LogP contribution in [0.25, 0.3) is 10.9 Å². The van der Waals surface area contributed by atoms with Gasteiger partial charge in [0.2, 0.25) is 0 Å². The highest BCUT2D eigenvalue weighted by molar-refractivity contribution is 6.00. The molecule has 1 aromatic heterocycles. The topological polar surface area (TPSA) is 59.2 Å². The zero-order valence-electron chi connectivity index (χ0n) is 14.6. The predicted octanol–water partition coefficient (Wildman–Crippen LogP) is 4.51. The van der Waals surface area contributed by atoms with Gasteiger partial charge in [-0.25, -0.2) is 4.79 Å². The van der Waals surface area contributed by atoms with Gasteiger partial charge in [0.1, 0.15) is 5.69 Å². The van der Waals surface area contributed by atoms with Crippen LogP contribution in [0.3, 0.4) is 0 Å². The number of hydrogen-bond acceptors (Lipinski definition) is 3. The smallest absolute Gasteiger partial charge is 0.355 e. The Labute approximate surface area is 146 Å². The molecule has 0 bridgehead atoms. The summed E-state index contributed by atoms with van der Waals surface area (Å²) in [5, 5.41) is 0.929. The Morgan fingerprint density at radius 1 is 1.00 bits per heavy atom. The minimum absolute atomic E-state index is 0.0314. The number of Topliss-reactive ketones (excluding diaryl/α,β-unsaturated/α-hetero) is 1. The van der Waals surface area contributed by atoms with Crippen LogP contribution < -0.4 is 0 Å². The average molecular weight is 335 g/mol. The lowest BCUT2D eigenvalue weighted by atomic mass is 9.86. The summed E-state index contributed by atoms with van der Waals surface area (Å²) in [4.78, 5) is 27.4. The maximum Gasteiger partial charge on any atom is 0.355 e. The van der Waals surface area contributed by atoms with E-state index in [1.54, 1.807) is 18.2 Å². The van der Waals surface area contributed by atoms with E-state index in [4.69, 9.17) is 4.74 Å². The summed E-state index contributed by atoms with van der Waals surface area (Å²) in [6.45, 7) is 6.08. The molecule has 3 aromatic rings. The molecular weight excluding hydrogens is 314 g/mol. The van der Waals surface area contributed by atoms with E-state index in [0.29, 0.717) is 11.3 Å². The molecule has 0 aliphatic heterocycles. The van der Waals surface area contributed by atoms with E-state index in [-0.39, 0.29) is 17.8 Å². The standard InChI is InChI=1S/C21H21NO3/c1-21(2,3)16-10-8-14(9-11-16)19(23)13-25-20(24)18-12-15-6-4-5-7-17(15)22-18/h4-12,22H,13H2,1-3H3. The van der Waals surface area contributed by atoms with Crippen molar-refractivity contribution >= 4 is 22.7 Å². The second-order valence-electron chi connectivity index (χ2n) is 7.10. The molecule has 1 N–H and O–H groups in total. The molecule has 0 radical (unpaired) electrons. The maximum absolute atomic E-state index is 12.2. The number of esters is 1. The third-order valence-corrected chi connectivity index (χ3v) is 4.16. The highest BCUT2D eigenvalue weighted by Crippen LogP contribution is 2.22. The first-order valence-corrected chi connectivity index (χ1v) is 8.23. The lowest BCUT2D eigenvalue weighted by Crippen LogP contribution is -2.15. The predicted molar refractivity (Wildman–Crippen MR) is 98.1 cm³/mol. The summed E-state index contributed by atoms with van der Waals surface area (Å²) >= 11 is 0. The van der Waals surface area contributed by atoms with Crippen molar-refractivity contribution in [3.63, 3.8) is 0 Å². The van der Waals surface area contributed by atoms with E-state index < -0.39 is 5.97 Å². The summed E-state index contributed by atoms with van der Waals surface area (Å²) in [5.74, 6) is -0.749. The van der Waals surface area contributed by atoms with Crippen LogP contribution in [0.4, 0.5) is 0 Å². The van der Waals surface area contributed by atoms with Gasteiger partial charge in [-0.2, -0.15) is 0 Å². The molecule has 0 fully saturated rings. The Morgan fingerprint density at radius 2 is 1.68 bits per heavy atom. The van der Waals surface area contributed by atoms with E-state index in [1.807, 2.05) is 36.4 Å². The van der Waals surface area contributed by atoms with Gasteiger partial charge in [-0.3, -0.25) is 4.79 Å². The molecule has 1 heterocycles. The first kappa shape index (κ1) is 17.0. The van der Waals surface area contributed by atoms with Gasteiger partial charge in [-0.05, 0) is 23.1 Å². The van der Waals surface area contributed by atoms with Crippen molar-refractivity contribution in [2.45, 2.75) is 26.2 Å². The van der Waals surface area contributed by atoms with Crippen molar-refractivity contribution in [3.05, 3.63) is 71.4 Å². The van der Waals surface area contributed by atoms with Gasteiger partial charge in [0.15, 0.2) is 12.4 Å². The Bertz CT molecular complexity index is 881. The van der Waals surface area contributed by atoms with Gasteiger partial charge in [-0.15, -0.1) is 0 Å². The second-order valence-corrected chi connectivity index (χ2v) is 7.10. The summed E-state index contributed by atoms with van der Waals surface area (Å²) < 4.78 is 5.15. The maximum atomic E-state index is 12.2. The number of ketones is 1.